The maximum atomic E-state index is 8.97. The number of nitriles is 3. The van der Waals surface area contributed by atoms with Gasteiger partial charge in [-0.1, -0.05) is 17.7 Å². The van der Waals surface area contributed by atoms with Gasteiger partial charge in [0.05, 0.1) is 23.9 Å². The number of nitrogens with two attached hydrogens (primary N) is 1. The first-order valence-corrected chi connectivity index (χ1v) is 5.22. The Bertz CT molecular complexity index is 551. The van der Waals surface area contributed by atoms with Crippen LogP contribution >= 0.6 is 0 Å². The van der Waals surface area contributed by atoms with E-state index in [1.165, 1.54) is 0 Å². The molecule has 18 heavy (non-hydrogen) atoms. The quantitative estimate of drug-likeness (QED) is 0.804. The second-order valence-corrected chi connectivity index (χ2v) is 3.71. The van der Waals surface area contributed by atoms with Gasteiger partial charge in [0.25, 0.3) is 0 Å². The number of rotatable bonds is 3. The molecule has 0 radical (unpaired) electrons. The van der Waals surface area contributed by atoms with Gasteiger partial charge in [-0.25, -0.2) is 4.99 Å². The zero-order chi connectivity index (χ0) is 13.5. The molecule has 0 aliphatic rings. The van der Waals surface area contributed by atoms with Crippen molar-refractivity contribution in [2.45, 2.75) is 13.0 Å². The van der Waals surface area contributed by atoms with E-state index in [-0.39, 0.29) is 5.71 Å². The molecule has 0 amide bonds. The van der Waals surface area contributed by atoms with Crippen molar-refractivity contribution >= 4 is 11.4 Å². The Kier molecular flexibility index (Phi) is 4.58. The van der Waals surface area contributed by atoms with E-state index in [4.69, 9.17) is 21.5 Å². The van der Waals surface area contributed by atoms with Crippen molar-refractivity contribution in [3.63, 3.8) is 0 Å². The van der Waals surface area contributed by atoms with Gasteiger partial charge in [0.15, 0.2) is 5.92 Å². The largest absolute Gasteiger partial charge is 0.320 e. The number of hydrogen-bond donors (Lipinski definition) is 1. The summed E-state index contributed by atoms with van der Waals surface area (Å²) in [5, 5.41) is 26.4. The van der Waals surface area contributed by atoms with Crippen LogP contribution in [0.2, 0.25) is 0 Å². The lowest BCUT2D eigenvalue weighted by Crippen LogP contribution is -2.36. The zero-order valence-corrected chi connectivity index (χ0v) is 9.83. The highest BCUT2D eigenvalue weighted by Gasteiger charge is 2.22. The summed E-state index contributed by atoms with van der Waals surface area (Å²) in [5.74, 6) is -1.08. The Morgan fingerprint density at radius 3 is 2.17 bits per heavy atom. The van der Waals surface area contributed by atoms with Gasteiger partial charge >= 0.3 is 0 Å². The number of hydrogen-bond acceptors (Lipinski definition) is 5. The molecule has 1 aromatic carbocycles. The van der Waals surface area contributed by atoms with E-state index in [9.17, 15) is 0 Å². The Labute approximate surface area is 105 Å². The maximum absolute atomic E-state index is 8.97. The monoisotopic (exact) mass is 237 g/mol. The molecule has 0 saturated carbocycles. The number of aliphatic imine (C=N–C) groups is 1. The molecule has 0 aliphatic carbocycles. The standard InChI is InChI=1S/C13H11N5/c1-9-2-4-11(5-3-9)18-12(8-16)13(17)10(6-14)7-15/h2-5,10,13H,17H2,1H3. The van der Waals surface area contributed by atoms with Crippen LogP contribution in [0.15, 0.2) is 29.3 Å². The van der Waals surface area contributed by atoms with Gasteiger partial charge in [0.2, 0.25) is 0 Å². The molecule has 1 rings (SSSR count). The minimum absolute atomic E-state index is 0.0213. The third-order valence-electron chi connectivity index (χ3n) is 2.35. The highest BCUT2D eigenvalue weighted by atomic mass is 14.8. The molecule has 1 atom stereocenters. The molecule has 5 heteroatoms. The van der Waals surface area contributed by atoms with Crippen LogP contribution in [0, 0.1) is 46.8 Å². The molecule has 1 unspecified atom stereocenters. The van der Waals surface area contributed by atoms with Gasteiger partial charge in [-0.3, -0.25) is 0 Å². The molecule has 0 saturated heterocycles. The second kappa shape index (κ2) is 6.15. The van der Waals surface area contributed by atoms with Crippen LogP contribution in [-0.2, 0) is 0 Å². The summed E-state index contributed by atoms with van der Waals surface area (Å²) in [6.45, 7) is 1.94. The zero-order valence-electron chi connectivity index (χ0n) is 9.83. The Morgan fingerprint density at radius 1 is 1.17 bits per heavy atom. The molecule has 0 spiro atoms. The lowest BCUT2D eigenvalue weighted by molar-refractivity contribution is 0.752. The normalized spacial score (nSPS) is 12.3. The maximum Gasteiger partial charge on any atom is 0.154 e. The third-order valence-corrected chi connectivity index (χ3v) is 2.35. The van der Waals surface area contributed by atoms with E-state index < -0.39 is 12.0 Å². The van der Waals surface area contributed by atoms with Gasteiger partial charge in [-0.05, 0) is 19.1 Å². The van der Waals surface area contributed by atoms with Crippen molar-refractivity contribution in [3.05, 3.63) is 29.8 Å². The number of benzene rings is 1. The first kappa shape index (κ1) is 13.4. The number of aryl methyl sites for hydroxylation is 1. The van der Waals surface area contributed by atoms with Gasteiger partial charge in [-0.15, -0.1) is 0 Å². The molecule has 5 nitrogen and oxygen atoms in total. The van der Waals surface area contributed by atoms with E-state index in [0.29, 0.717) is 5.69 Å². The Balaban J connectivity index is 3.05. The van der Waals surface area contributed by atoms with E-state index in [1.54, 1.807) is 24.3 Å². The van der Waals surface area contributed by atoms with Crippen LogP contribution in [0.5, 0.6) is 0 Å². The molecule has 2 N–H and O–H groups in total. The smallest absolute Gasteiger partial charge is 0.154 e. The lowest BCUT2D eigenvalue weighted by Gasteiger charge is -2.09. The summed E-state index contributed by atoms with van der Waals surface area (Å²) in [6, 6.07) is 11.5. The fraction of sp³-hybridized carbons (Fsp3) is 0.231. The molecule has 88 valence electrons. The van der Waals surface area contributed by atoms with E-state index in [1.807, 2.05) is 25.1 Å². The van der Waals surface area contributed by atoms with Crippen LogP contribution < -0.4 is 5.73 Å². The van der Waals surface area contributed by atoms with E-state index in [2.05, 4.69) is 4.99 Å². The lowest BCUT2D eigenvalue weighted by atomic mass is 10.00. The fourth-order valence-electron chi connectivity index (χ4n) is 1.28. The molecule has 0 heterocycles. The molecule has 0 aromatic heterocycles. The van der Waals surface area contributed by atoms with Crippen LogP contribution in [0.25, 0.3) is 0 Å². The second-order valence-electron chi connectivity index (χ2n) is 3.71. The molecular weight excluding hydrogens is 226 g/mol. The minimum atomic E-state index is -1.08. The van der Waals surface area contributed by atoms with Crippen LogP contribution in [-0.4, -0.2) is 11.8 Å². The van der Waals surface area contributed by atoms with Gasteiger partial charge in [0.1, 0.15) is 11.8 Å². The van der Waals surface area contributed by atoms with Crippen LogP contribution in [0.3, 0.4) is 0 Å². The summed E-state index contributed by atoms with van der Waals surface area (Å²) in [4.78, 5) is 4.06. The summed E-state index contributed by atoms with van der Waals surface area (Å²) < 4.78 is 0. The number of nitrogens with zero attached hydrogens (tertiary/aromatic N) is 4. The molecule has 0 fully saturated rings. The summed E-state index contributed by atoms with van der Waals surface area (Å²) in [5.41, 5.74) is 7.30. The van der Waals surface area contributed by atoms with Crippen molar-refractivity contribution < 1.29 is 0 Å². The highest BCUT2D eigenvalue weighted by molar-refractivity contribution is 6.04. The van der Waals surface area contributed by atoms with Crippen molar-refractivity contribution in [1.29, 1.82) is 15.8 Å². The average Bonchev–Trinajstić information content (AvgIpc) is 2.39. The minimum Gasteiger partial charge on any atom is -0.320 e. The van der Waals surface area contributed by atoms with Crippen molar-refractivity contribution in [1.82, 2.24) is 0 Å². The molecule has 1 aromatic rings. The summed E-state index contributed by atoms with van der Waals surface area (Å²) in [7, 11) is 0. The predicted molar refractivity (Wildman–Crippen MR) is 66.6 cm³/mol. The first-order valence-electron chi connectivity index (χ1n) is 5.22. The summed E-state index contributed by atoms with van der Waals surface area (Å²) >= 11 is 0. The van der Waals surface area contributed by atoms with Gasteiger partial charge in [0, 0.05) is 0 Å². The SMILES string of the molecule is Cc1ccc(N=C(C#N)C(N)C(C#N)C#N)cc1. The first-order chi connectivity index (χ1) is 8.62. The fourth-order valence-corrected chi connectivity index (χ4v) is 1.28. The molecule has 0 aliphatic heterocycles. The van der Waals surface area contributed by atoms with E-state index in [0.717, 1.165) is 5.56 Å². The summed E-state index contributed by atoms with van der Waals surface area (Å²) in [6.07, 6.45) is 0. The van der Waals surface area contributed by atoms with Crippen LogP contribution in [0.4, 0.5) is 5.69 Å². The highest BCUT2D eigenvalue weighted by Crippen LogP contribution is 2.14. The van der Waals surface area contributed by atoms with Gasteiger partial charge < -0.3 is 5.73 Å². The Morgan fingerprint density at radius 2 is 1.72 bits per heavy atom. The molecular formula is C13H11N5. The van der Waals surface area contributed by atoms with Crippen LogP contribution in [0.1, 0.15) is 5.56 Å². The predicted octanol–water partition coefficient (Wildman–Crippen LogP) is 1.58. The van der Waals surface area contributed by atoms with Crippen molar-refractivity contribution in [2.24, 2.45) is 16.6 Å². The topological polar surface area (TPSA) is 110 Å². The Hall–Kier alpha value is -2.68. The van der Waals surface area contributed by atoms with Crippen molar-refractivity contribution in [3.8, 4) is 18.2 Å². The molecule has 0 bridgehead atoms. The van der Waals surface area contributed by atoms with Crippen molar-refractivity contribution in [2.75, 3.05) is 0 Å². The van der Waals surface area contributed by atoms with Gasteiger partial charge in [-0.2, -0.15) is 15.8 Å². The third kappa shape index (κ3) is 3.15. The van der Waals surface area contributed by atoms with E-state index >= 15 is 0 Å². The average molecular weight is 237 g/mol.